The van der Waals surface area contributed by atoms with E-state index in [9.17, 15) is 2.74 Å². The van der Waals surface area contributed by atoms with Gasteiger partial charge in [0.25, 0.3) is 0 Å². The second-order valence-electron chi connectivity index (χ2n) is 19.7. The summed E-state index contributed by atoms with van der Waals surface area (Å²) in [6.45, 7) is 4.66. The van der Waals surface area contributed by atoms with E-state index in [2.05, 4.69) is 213 Å². The lowest BCUT2D eigenvalue weighted by molar-refractivity contribution is 0.660. The number of fused-ring (bicyclic) bond motifs is 13. The fourth-order valence-corrected chi connectivity index (χ4v) is 12.3. The van der Waals surface area contributed by atoms with Crippen LogP contribution in [0.25, 0.3) is 55.6 Å². The van der Waals surface area contributed by atoms with E-state index >= 15 is 0 Å². The predicted octanol–water partition coefficient (Wildman–Crippen LogP) is 18.6. The van der Waals surface area contributed by atoms with Crippen LogP contribution in [0.1, 0.15) is 54.1 Å². The first-order valence-electron chi connectivity index (χ1n) is 27.3. The van der Waals surface area contributed by atoms with E-state index in [0.717, 1.165) is 83.8 Å². The van der Waals surface area contributed by atoms with Crippen molar-refractivity contribution in [3.8, 4) is 55.6 Å². The molecule has 340 valence electrons. The Hall–Kier alpha value is -8.98. The molecule has 3 aliphatic carbocycles. The summed E-state index contributed by atoms with van der Waals surface area (Å²) >= 11 is 0. The van der Waals surface area contributed by atoms with Gasteiger partial charge in [-0.05, 0) is 174 Å². The van der Waals surface area contributed by atoms with E-state index < -0.39 is 11.5 Å². The predicted molar refractivity (Wildman–Crippen MR) is 301 cm³/mol. The van der Waals surface area contributed by atoms with Crippen LogP contribution < -0.4 is 9.80 Å². The maximum absolute atomic E-state index is 9.36. The van der Waals surface area contributed by atoms with Crippen LogP contribution in [0.2, 0.25) is 0 Å². The Labute approximate surface area is 429 Å². The van der Waals surface area contributed by atoms with Crippen LogP contribution in [0, 0.1) is 0 Å². The molecule has 0 radical (unpaired) electrons. The Morgan fingerprint density at radius 3 is 1.18 bits per heavy atom. The van der Waals surface area contributed by atoms with Gasteiger partial charge in [0.2, 0.25) is 0 Å². The molecule has 0 aromatic heterocycles. The monoisotopic (exact) mass is 923 g/mol. The lowest BCUT2D eigenvalue weighted by Crippen LogP contribution is -2.26. The molecule has 11 aromatic rings. The molecule has 11 aromatic carbocycles. The molecular formula is C70H50N2. The number of rotatable bonds is 8. The fraction of sp³-hybridized carbons (Fsp3) is 0.0571. The number of anilines is 6. The molecule has 72 heavy (non-hydrogen) atoms. The minimum Gasteiger partial charge on any atom is -0.310 e. The number of hydrogen-bond acceptors (Lipinski definition) is 2. The molecule has 2 heteroatoms. The van der Waals surface area contributed by atoms with Crippen LogP contribution in [0.3, 0.4) is 0 Å². The first-order chi connectivity index (χ1) is 37.5. The highest BCUT2D eigenvalue weighted by atomic mass is 15.1. The summed E-state index contributed by atoms with van der Waals surface area (Å²) in [5, 5.41) is 0. The third-order valence-electron chi connectivity index (χ3n) is 15.5. The van der Waals surface area contributed by atoms with E-state index in [1.54, 1.807) is 0 Å². The van der Waals surface area contributed by atoms with Gasteiger partial charge in [-0.2, -0.15) is 0 Å². The Morgan fingerprint density at radius 1 is 0.278 bits per heavy atom. The Balaban J connectivity index is 1.06. The molecule has 1 spiro atoms. The second-order valence-corrected chi connectivity index (χ2v) is 19.7. The van der Waals surface area contributed by atoms with Crippen molar-refractivity contribution < 1.29 is 6.85 Å². The molecule has 0 bridgehead atoms. The summed E-state index contributed by atoms with van der Waals surface area (Å²) in [5.41, 5.74) is 22.0. The third kappa shape index (κ3) is 6.28. The van der Waals surface area contributed by atoms with Crippen molar-refractivity contribution in [2.75, 3.05) is 9.80 Å². The van der Waals surface area contributed by atoms with E-state index in [1.165, 1.54) is 22.3 Å². The molecule has 2 nitrogen and oxygen atoms in total. The Kier molecular flexibility index (Phi) is 8.36. The van der Waals surface area contributed by atoms with Crippen LogP contribution in [0.5, 0.6) is 0 Å². The molecule has 0 amide bonds. The lowest BCUT2D eigenvalue weighted by Gasteiger charge is -2.33. The second kappa shape index (κ2) is 16.3. The molecule has 0 saturated heterocycles. The van der Waals surface area contributed by atoms with Crippen LogP contribution in [0.4, 0.5) is 34.1 Å². The highest BCUT2D eigenvalue weighted by Gasteiger charge is 2.52. The smallest absolute Gasteiger partial charge is 0.0727 e. The summed E-state index contributed by atoms with van der Waals surface area (Å²) in [6.07, 6.45) is 0. The van der Waals surface area contributed by atoms with Crippen molar-refractivity contribution in [3.05, 3.63) is 300 Å². The van der Waals surface area contributed by atoms with Gasteiger partial charge in [0.1, 0.15) is 0 Å². The van der Waals surface area contributed by atoms with Crippen molar-refractivity contribution in [1.29, 1.82) is 0 Å². The first kappa shape index (κ1) is 36.9. The Morgan fingerprint density at radius 2 is 0.681 bits per heavy atom. The van der Waals surface area contributed by atoms with Crippen LogP contribution in [-0.4, -0.2) is 0 Å². The van der Waals surface area contributed by atoms with Gasteiger partial charge >= 0.3 is 0 Å². The van der Waals surface area contributed by atoms with E-state index in [4.69, 9.17) is 4.11 Å². The zero-order chi connectivity index (χ0) is 52.3. The van der Waals surface area contributed by atoms with Crippen LogP contribution in [0.15, 0.2) is 267 Å². The largest absolute Gasteiger partial charge is 0.310 e. The lowest BCUT2D eigenvalue weighted by atomic mass is 9.70. The third-order valence-corrected chi connectivity index (χ3v) is 15.5. The molecule has 1 unspecified atom stereocenters. The molecule has 0 fully saturated rings. The average Bonchev–Trinajstić information content (AvgIpc) is 3.89. The van der Waals surface area contributed by atoms with Crippen LogP contribution >= 0.6 is 0 Å². The van der Waals surface area contributed by atoms with Crippen molar-refractivity contribution in [2.45, 2.75) is 24.7 Å². The minimum absolute atomic E-state index is 0.0826. The summed E-state index contributed by atoms with van der Waals surface area (Å²) in [6, 6.07) is 82.6. The maximum Gasteiger partial charge on any atom is 0.0727 e. The van der Waals surface area contributed by atoms with E-state index in [0.29, 0.717) is 11.4 Å². The molecule has 1 atom stereocenters. The van der Waals surface area contributed by atoms with Gasteiger partial charge in [-0.25, -0.2) is 0 Å². The van der Waals surface area contributed by atoms with Crippen molar-refractivity contribution in [2.24, 2.45) is 0 Å². The summed E-state index contributed by atoms with van der Waals surface area (Å²) in [4.78, 5) is 4.23. The average molecular weight is 924 g/mol. The standard InChI is InChI=1S/C70H50N2/c1-69(2)63-31-19-18-30-57(63)58-37-34-54(44-66(58)69)72(53-28-16-7-17-29-53)56-36-39-60-62-43-50(48-22-10-4-11-23-48)33-41-65(62)70(68(60)46-56)64-40-32-49(47-20-8-3-9-21-47)42-61(64)59-38-35-55(45-67(59)70)71(51-24-12-5-13-25-51)52-26-14-6-15-27-52/h3-46H,1-2H3/i5D,12D,13D,24D,25D. The normalized spacial score (nSPS) is 15.9. The Bertz CT molecular complexity index is 4150. The van der Waals surface area contributed by atoms with Gasteiger partial charge in [-0.1, -0.05) is 196 Å². The zero-order valence-corrected chi connectivity index (χ0v) is 39.9. The van der Waals surface area contributed by atoms with Crippen molar-refractivity contribution in [3.63, 3.8) is 0 Å². The molecular weight excluding hydrogens is 869 g/mol. The molecule has 0 aliphatic heterocycles. The van der Waals surface area contributed by atoms with Crippen LogP contribution in [-0.2, 0) is 10.8 Å². The first-order valence-corrected chi connectivity index (χ1v) is 24.8. The molecule has 14 rings (SSSR count). The summed E-state index contributed by atoms with van der Waals surface area (Å²) in [7, 11) is 0. The van der Waals surface area contributed by atoms with Gasteiger partial charge in [0, 0.05) is 39.5 Å². The number of benzene rings is 11. The SMILES string of the molecule is [2H]c1c([2H])c([2H])c(N(c2ccccc2)c2ccc3c(c2)C2(c4ccc(-c5ccccc5)cc4-c4ccc(N(c5ccccc5)c5ccc6c(c5)C(C)(C)c5ccccc5-6)cc42)c2ccc(-c4ccccc4)cc2-3)c([2H])c1[2H]. The summed E-state index contributed by atoms with van der Waals surface area (Å²) in [5.74, 6) is 0. The molecule has 0 heterocycles. The van der Waals surface area contributed by atoms with Gasteiger partial charge in [-0.15, -0.1) is 0 Å². The minimum atomic E-state index is -0.877. The topological polar surface area (TPSA) is 6.48 Å². The number of para-hydroxylation sites is 3. The van der Waals surface area contributed by atoms with Gasteiger partial charge in [-0.3, -0.25) is 0 Å². The quantitative estimate of drug-likeness (QED) is 0.150. The molecule has 0 saturated carbocycles. The van der Waals surface area contributed by atoms with E-state index in [1.807, 2.05) is 47.4 Å². The highest BCUT2D eigenvalue weighted by Crippen LogP contribution is 2.65. The molecule has 3 aliphatic rings. The van der Waals surface area contributed by atoms with Gasteiger partial charge < -0.3 is 9.80 Å². The zero-order valence-electron chi connectivity index (χ0n) is 44.9. The van der Waals surface area contributed by atoms with E-state index in [-0.39, 0.29) is 35.3 Å². The summed E-state index contributed by atoms with van der Waals surface area (Å²) < 4.78 is 45.0. The fourth-order valence-electron chi connectivity index (χ4n) is 12.3. The molecule has 0 N–H and O–H groups in total. The van der Waals surface area contributed by atoms with Crippen molar-refractivity contribution in [1.82, 2.24) is 0 Å². The highest BCUT2D eigenvalue weighted by molar-refractivity contribution is 5.99. The number of hydrogen-bond donors (Lipinski definition) is 0. The maximum atomic E-state index is 9.36. The van der Waals surface area contributed by atoms with Crippen molar-refractivity contribution >= 4 is 34.1 Å². The van der Waals surface area contributed by atoms with Gasteiger partial charge in [0.05, 0.1) is 12.3 Å². The van der Waals surface area contributed by atoms with Gasteiger partial charge in [0.15, 0.2) is 0 Å². The number of nitrogens with zero attached hydrogens (tertiary/aromatic N) is 2.